The third-order valence-electron chi connectivity index (χ3n) is 2.41. The van der Waals surface area contributed by atoms with E-state index in [9.17, 15) is 0 Å². The molecule has 0 aromatic heterocycles. The second-order valence-corrected chi connectivity index (χ2v) is 4.49. The molecule has 0 fully saturated rings. The molecule has 14 heavy (non-hydrogen) atoms. The molecule has 0 saturated heterocycles. The molecule has 0 amide bonds. The molecule has 1 unspecified atom stereocenters. The molecule has 0 saturated carbocycles. The van der Waals surface area contributed by atoms with Crippen LogP contribution in [0.2, 0.25) is 0 Å². The highest BCUT2D eigenvalue weighted by atomic mass is 14.9. The molecule has 82 valence electrons. The SMILES string of the molecule is C#CCCCNC(C)CCCC(C)C. The fourth-order valence-corrected chi connectivity index (χ4v) is 1.47. The van der Waals surface area contributed by atoms with Gasteiger partial charge in [0.1, 0.15) is 0 Å². The Morgan fingerprint density at radius 3 is 2.43 bits per heavy atom. The molecule has 0 aliphatic carbocycles. The number of hydrogen-bond donors (Lipinski definition) is 1. The monoisotopic (exact) mass is 195 g/mol. The summed E-state index contributed by atoms with van der Waals surface area (Å²) in [6.07, 6.45) is 11.1. The second-order valence-electron chi connectivity index (χ2n) is 4.49. The Bertz CT molecular complexity index is 155. The molecule has 0 aliphatic heterocycles. The van der Waals surface area contributed by atoms with Crippen molar-refractivity contribution >= 4 is 0 Å². The first kappa shape index (κ1) is 13.5. The maximum absolute atomic E-state index is 5.18. The Morgan fingerprint density at radius 1 is 1.14 bits per heavy atom. The van der Waals surface area contributed by atoms with Crippen LogP contribution in [0.5, 0.6) is 0 Å². The molecule has 0 rings (SSSR count). The van der Waals surface area contributed by atoms with Gasteiger partial charge in [-0.15, -0.1) is 12.3 Å². The van der Waals surface area contributed by atoms with E-state index in [4.69, 9.17) is 6.42 Å². The zero-order valence-corrected chi connectivity index (χ0v) is 9.97. The van der Waals surface area contributed by atoms with Crippen LogP contribution < -0.4 is 5.32 Å². The zero-order valence-electron chi connectivity index (χ0n) is 9.97. The minimum Gasteiger partial charge on any atom is -0.314 e. The fraction of sp³-hybridized carbons (Fsp3) is 0.846. The van der Waals surface area contributed by atoms with E-state index in [1.165, 1.54) is 19.3 Å². The van der Waals surface area contributed by atoms with Crippen LogP contribution >= 0.6 is 0 Å². The lowest BCUT2D eigenvalue weighted by Crippen LogP contribution is -2.26. The lowest BCUT2D eigenvalue weighted by Gasteiger charge is -2.13. The summed E-state index contributed by atoms with van der Waals surface area (Å²) in [6, 6.07) is 0.645. The van der Waals surface area contributed by atoms with Crippen molar-refractivity contribution in [1.29, 1.82) is 0 Å². The van der Waals surface area contributed by atoms with E-state index in [1.54, 1.807) is 0 Å². The number of terminal acetylenes is 1. The molecule has 1 N–H and O–H groups in total. The minimum atomic E-state index is 0.645. The Kier molecular flexibility index (Phi) is 8.78. The largest absolute Gasteiger partial charge is 0.314 e. The van der Waals surface area contributed by atoms with Gasteiger partial charge in [0.05, 0.1) is 0 Å². The van der Waals surface area contributed by atoms with Crippen LogP contribution in [-0.2, 0) is 0 Å². The standard InChI is InChI=1S/C13H25N/c1-5-6-7-11-14-13(4)10-8-9-12(2)3/h1,12-14H,6-11H2,2-4H3. The van der Waals surface area contributed by atoms with Crippen molar-refractivity contribution in [2.45, 2.75) is 58.9 Å². The number of unbranched alkanes of at least 4 members (excludes halogenated alkanes) is 1. The average molecular weight is 195 g/mol. The number of nitrogens with one attached hydrogen (secondary N) is 1. The maximum atomic E-state index is 5.18. The van der Waals surface area contributed by atoms with Gasteiger partial charge in [0.15, 0.2) is 0 Å². The zero-order chi connectivity index (χ0) is 10.8. The summed E-state index contributed by atoms with van der Waals surface area (Å²) in [4.78, 5) is 0. The lowest BCUT2D eigenvalue weighted by molar-refractivity contribution is 0.456. The van der Waals surface area contributed by atoms with Crippen LogP contribution in [0.3, 0.4) is 0 Å². The second kappa shape index (κ2) is 9.09. The third kappa shape index (κ3) is 9.61. The van der Waals surface area contributed by atoms with Gasteiger partial charge in [-0.25, -0.2) is 0 Å². The van der Waals surface area contributed by atoms with E-state index >= 15 is 0 Å². The third-order valence-corrected chi connectivity index (χ3v) is 2.41. The van der Waals surface area contributed by atoms with E-state index in [2.05, 4.69) is 32.0 Å². The van der Waals surface area contributed by atoms with Crippen molar-refractivity contribution in [2.24, 2.45) is 5.92 Å². The molecular formula is C13H25N. The normalized spacial score (nSPS) is 12.8. The van der Waals surface area contributed by atoms with Gasteiger partial charge in [-0.2, -0.15) is 0 Å². The van der Waals surface area contributed by atoms with Gasteiger partial charge in [-0.05, 0) is 32.2 Å². The van der Waals surface area contributed by atoms with Crippen molar-refractivity contribution in [3.63, 3.8) is 0 Å². The van der Waals surface area contributed by atoms with Crippen molar-refractivity contribution in [3.8, 4) is 12.3 Å². The maximum Gasteiger partial charge on any atom is 0.00981 e. The molecule has 0 aromatic rings. The quantitative estimate of drug-likeness (QED) is 0.463. The lowest BCUT2D eigenvalue weighted by atomic mass is 10.0. The van der Waals surface area contributed by atoms with Crippen LogP contribution in [0, 0.1) is 18.3 Å². The van der Waals surface area contributed by atoms with E-state index in [1.807, 2.05) is 0 Å². The molecule has 1 atom stereocenters. The molecule has 0 aromatic carbocycles. The predicted octanol–water partition coefficient (Wildman–Crippen LogP) is 3.20. The Morgan fingerprint density at radius 2 is 1.86 bits per heavy atom. The highest BCUT2D eigenvalue weighted by molar-refractivity contribution is 4.83. The van der Waals surface area contributed by atoms with E-state index < -0.39 is 0 Å². The molecule has 0 spiro atoms. The minimum absolute atomic E-state index is 0.645. The number of hydrogen-bond acceptors (Lipinski definition) is 1. The highest BCUT2D eigenvalue weighted by Gasteiger charge is 2.01. The first-order valence-electron chi connectivity index (χ1n) is 5.83. The molecule has 0 bridgehead atoms. The van der Waals surface area contributed by atoms with Gasteiger partial charge in [0, 0.05) is 12.5 Å². The van der Waals surface area contributed by atoms with Gasteiger partial charge in [0.2, 0.25) is 0 Å². The van der Waals surface area contributed by atoms with E-state index in [-0.39, 0.29) is 0 Å². The fourth-order valence-electron chi connectivity index (χ4n) is 1.47. The van der Waals surface area contributed by atoms with Gasteiger partial charge in [-0.3, -0.25) is 0 Å². The van der Waals surface area contributed by atoms with Crippen molar-refractivity contribution in [3.05, 3.63) is 0 Å². The summed E-state index contributed by atoms with van der Waals surface area (Å²) in [5.74, 6) is 3.50. The molecule has 0 heterocycles. The van der Waals surface area contributed by atoms with E-state index in [0.29, 0.717) is 6.04 Å². The Balaban J connectivity index is 3.20. The van der Waals surface area contributed by atoms with Crippen LogP contribution in [0.25, 0.3) is 0 Å². The summed E-state index contributed by atoms with van der Waals surface area (Å²) in [5.41, 5.74) is 0. The van der Waals surface area contributed by atoms with Crippen LogP contribution in [0.4, 0.5) is 0 Å². The van der Waals surface area contributed by atoms with Gasteiger partial charge < -0.3 is 5.32 Å². The number of rotatable bonds is 8. The van der Waals surface area contributed by atoms with Gasteiger partial charge >= 0.3 is 0 Å². The first-order chi connectivity index (χ1) is 6.66. The topological polar surface area (TPSA) is 12.0 Å². The summed E-state index contributed by atoms with van der Waals surface area (Å²) >= 11 is 0. The molecule has 1 heteroatoms. The predicted molar refractivity (Wildman–Crippen MR) is 64.2 cm³/mol. The van der Waals surface area contributed by atoms with Crippen molar-refractivity contribution < 1.29 is 0 Å². The highest BCUT2D eigenvalue weighted by Crippen LogP contribution is 2.08. The summed E-state index contributed by atoms with van der Waals surface area (Å²) in [6.45, 7) is 7.89. The van der Waals surface area contributed by atoms with Crippen LogP contribution in [-0.4, -0.2) is 12.6 Å². The van der Waals surface area contributed by atoms with Crippen molar-refractivity contribution in [2.75, 3.05) is 6.54 Å². The van der Waals surface area contributed by atoms with Crippen LogP contribution in [0.15, 0.2) is 0 Å². The van der Waals surface area contributed by atoms with E-state index in [0.717, 1.165) is 25.3 Å². The summed E-state index contributed by atoms with van der Waals surface area (Å²) in [7, 11) is 0. The van der Waals surface area contributed by atoms with Crippen LogP contribution in [0.1, 0.15) is 52.9 Å². The molecule has 0 aliphatic rings. The molecule has 1 nitrogen and oxygen atoms in total. The first-order valence-corrected chi connectivity index (χ1v) is 5.83. The summed E-state index contributed by atoms with van der Waals surface area (Å²) in [5, 5.41) is 3.50. The Hall–Kier alpha value is -0.480. The molecule has 0 radical (unpaired) electrons. The Labute approximate surface area is 89.7 Å². The van der Waals surface area contributed by atoms with Gasteiger partial charge in [-0.1, -0.05) is 26.7 Å². The average Bonchev–Trinajstić information content (AvgIpc) is 2.12. The molecular weight excluding hydrogens is 170 g/mol. The smallest absolute Gasteiger partial charge is 0.00981 e. The van der Waals surface area contributed by atoms with Gasteiger partial charge in [0.25, 0.3) is 0 Å². The van der Waals surface area contributed by atoms with Crippen molar-refractivity contribution in [1.82, 2.24) is 5.32 Å². The summed E-state index contributed by atoms with van der Waals surface area (Å²) < 4.78 is 0.